The van der Waals surface area contributed by atoms with Crippen LogP contribution in [-0.2, 0) is 9.47 Å². The van der Waals surface area contributed by atoms with Gasteiger partial charge in [0.05, 0.1) is 24.3 Å². The van der Waals surface area contributed by atoms with Gasteiger partial charge in [-0.3, -0.25) is 4.57 Å². The maximum atomic E-state index is 9.32. The van der Waals surface area contributed by atoms with E-state index in [0.29, 0.717) is 17.0 Å². The number of thiol groups is 1. The van der Waals surface area contributed by atoms with Crippen molar-refractivity contribution in [2.45, 2.75) is 23.7 Å². The number of anilines is 1. The molecule has 9 heteroatoms. The first kappa shape index (κ1) is 13.6. The zero-order valence-electron chi connectivity index (χ0n) is 10.7. The van der Waals surface area contributed by atoms with Crippen LogP contribution in [0.3, 0.4) is 0 Å². The molecule has 1 fully saturated rings. The molecule has 0 amide bonds. The molecule has 4 atom stereocenters. The molecule has 1 saturated heterocycles. The molecule has 0 bridgehead atoms. The van der Waals surface area contributed by atoms with Crippen LogP contribution in [0.25, 0.3) is 11.2 Å². The highest BCUT2D eigenvalue weighted by atomic mass is 32.1. The van der Waals surface area contributed by atoms with E-state index in [-0.39, 0.29) is 18.0 Å². The van der Waals surface area contributed by atoms with Gasteiger partial charge in [-0.1, -0.05) is 0 Å². The number of nitrogen functional groups attached to an aromatic ring is 1. The Balaban J connectivity index is 2.04. The highest BCUT2D eigenvalue weighted by Gasteiger charge is 2.44. The average molecular weight is 297 g/mol. The number of aliphatic hydroxyl groups is 1. The molecule has 2 aromatic rings. The third-order valence-electron chi connectivity index (χ3n) is 3.43. The van der Waals surface area contributed by atoms with Crippen molar-refractivity contribution in [2.24, 2.45) is 0 Å². The summed E-state index contributed by atoms with van der Waals surface area (Å²) in [4.78, 5) is 12.3. The van der Waals surface area contributed by atoms with Gasteiger partial charge in [0, 0.05) is 7.11 Å². The zero-order chi connectivity index (χ0) is 14.3. The quantitative estimate of drug-likeness (QED) is 0.662. The van der Waals surface area contributed by atoms with Crippen LogP contribution in [0.5, 0.6) is 0 Å². The second-order valence-corrected chi connectivity index (χ2v) is 5.12. The Bertz CT molecular complexity index is 621. The number of fused-ring (bicyclic) bond motifs is 1. The van der Waals surface area contributed by atoms with E-state index in [2.05, 4.69) is 27.6 Å². The third-order valence-corrected chi connectivity index (χ3v) is 4.05. The summed E-state index contributed by atoms with van der Waals surface area (Å²) in [5.74, 6) is 0.307. The van der Waals surface area contributed by atoms with Gasteiger partial charge in [0.25, 0.3) is 0 Å². The summed E-state index contributed by atoms with van der Waals surface area (Å²) in [7, 11) is 1.58. The van der Waals surface area contributed by atoms with Crippen molar-refractivity contribution in [3.63, 3.8) is 0 Å². The molecule has 3 rings (SSSR count). The lowest BCUT2D eigenvalue weighted by molar-refractivity contribution is -0.0583. The van der Waals surface area contributed by atoms with E-state index in [1.807, 2.05) is 0 Å². The fraction of sp³-hybridized carbons (Fsp3) is 0.545. The zero-order valence-corrected chi connectivity index (χ0v) is 11.6. The van der Waals surface area contributed by atoms with E-state index < -0.39 is 12.3 Å². The molecule has 0 aliphatic carbocycles. The van der Waals surface area contributed by atoms with Gasteiger partial charge >= 0.3 is 0 Å². The first-order valence-electron chi connectivity index (χ1n) is 6.07. The van der Waals surface area contributed by atoms with E-state index in [9.17, 15) is 5.11 Å². The summed E-state index contributed by atoms with van der Waals surface area (Å²) in [5.41, 5.74) is 6.83. The van der Waals surface area contributed by atoms with Crippen molar-refractivity contribution in [1.82, 2.24) is 19.5 Å². The number of nitrogens with two attached hydrogens (primary N) is 1. The molecule has 0 radical (unpaired) electrons. The maximum Gasteiger partial charge on any atom is 0.167 e. The van der Waals surface area contributed by atoms with Crippen LogP contribution < -0.4 is 5.73 Å². The van der Waals surface area contributed by atoms with Crippen LogP contribution in [-0.4, -0.2) is 55.8 Å². The van der Waals surface area contributed by atoms with Gasteiger partial charge < -0.3 is 20.3 Å². The molecule has 0 saturated carbocycles. The number of hydrogen-bond acceptors (Lipinski definition) is 8. The van der Waals surface area contributed by atoms with Gasteiger partial charge in [0.2, 0.25) is 0 Å². The number of aromatic nitrogens is 4. The van der Waals surface area contributed by atoms with E-state index in [4.69, 9.17) is 15.2 Å². The minimum absolute atomic E-state index is 0.131. The summed E-state index contributed by atoms with van der Waals surface area (Å²) in [6, 6.07) is 0. The van der Waals surface area contributed by atoms with Crippen LogP contribution in [0.2, 0.25) is 0 Å². The van der Waals surface area contributed by atoms with Crippen molar-refractivity contribution in [3.05, 3.63) is 12.7 Å². The van der Waals surface area contributed by atoms with E-state index in [0.717, 1.165) is 0 Å². The monoisotopic (exact) mass is 297 g/mol. The fourth-order valence-corrected chi connectivity index (χ4v) is 2.84. The molecule has 0 unspecified atom stereocenters. The molecule has 3 N–H and O–H groups in total. The van der Waals surface area contributed by atoms with Gasteiger partial charge in [-0.15, -0.1) is 0 Å². The SMILES string of the molecule is CO[C@@H]1[C@H](S)[C@@H](CO)O[C@H]1n1cnc2c(N)ncnc21. The first-order valence-corrected chi connectivity index (χ1v) is 6.59. The number of methoxy groups -OCH3 is 1. The smallest absolute Gasteiger partial charge is 0.167 e. The molecule has 108 valence electrons. The second-order valence-electron chi connectivity index (χ2n) is 4.52. The molecule has 8 nitrogen and oxygen atoms in total. The van der Waals surface area contributed by atoms with Crippen LogP contribution >= 0.6 is 12.6 Å². The van der Waals surface area contributed by atoms with E-state index in [1.54, 1.807) is 18.0 Å². The number of nitrogens with zero attached hydrogens (tertiary/aromatic N) is 4. The van der Waals surface area contributed by atoms with Crippen molar-refractivity contribution < 1.29 is 14.6 Å². The second kappa shape index (κ2) is 5.17. The van der Waals surface area contributed by atoms with Gasteiger partial charge in [-0.05, 0) is 0 Å². The Morgan fingerprint density at radius 1 is 1.50 bits per heavy atom. The molecule has 2 aromatic heterocycles. The average Bonchev–Trinajstić information content (AvgIpc) is 3.00. The Hall–Kier alpha value is -1.42. The van der Waals surface area contributed by atoms with Gasteiger partial charge in [-0.2, -0.15) is 12.6 Å². The Morgan fingerprint density at radius 2 is 2.30 bits per heavy atom. The molecule has 1 aliphatic heterocycles. The summed E-state index contributed by atoms with van der Waals surface area (Å²) in [5, 5.41) is 9.08. The Morgan fingerprint density at radius 3 is 3.00 bits per heavy atom. The Kier molecular flexibility index (Phi) is 3.50. The molecule has 0 aromatic carbocycles. The van der Waals surface area contributed by atoms with Crippen LogP contribution in [0.1, 0.15) is 6.23 Å². The van der Waals surface area contributed by atoms with Crippen molar-refractivity contribution in [3.8, 4) is 0 Å². The van der Waals surface area contributed by atoms with Crippen LogP contribution in [0.4, 0.5) is 5.82 Å². The first-order chi connectivity index (χ1) is 9.67. The topological polar surface area (TPSA) is 108 Å². The maximum absolute atomic E-state index is 9.32. The highest BCUT2D eigenvalue weighted by Crippen LogP contribution is 2.35. The van der Waals surface area contributed by atoms with E-state index in [1.165, 1.54) is 6.33 Å². The van der Waals surface area contributed by atoms with Crippen LogP contribution in [0, 0.1) is 0 Å². The molecule has 3 heterocycles. The summed E-state index contributed by atoms with van der Waals surface area (Å²) in [6.45, 7) is -0.131. The number of hydrogen-bond donors (Lipinski definition) is 3. The lowest BCUT2D eigenvalue weighted by Crippen LogP contribution is -2.30. The van der Waals surface area contributed by atoms with Crippen LogP contribution in [0.15, 0.2) is 12.7 Å². The normalized spacial score (nSPS) is 30.1. The van der Waals surface area contributed by atoms with Crippen molar-refractivity contribution in [2.75, 3.05) is 19.5 Å². The fourth-order valence-electron chi connectivity index (χ4n) is 2.40. The predicted molar refractivity (Wildman–Crippen MR) is 74.3 cm³/mol. The van der Waals surface area contributed by atoms with E-state index >= 15 is 0 Å². The highest BCUT2D eigenvalue weighted by molar-refractivity contribution is 7.81. The third kappa shape index (κ3) is 1.94. The molecule has 20 heavy (non-hydrogen) atoms. The lowest BCUT2D eigenvalue weighted by atomic mass is 10.2. The summed E-state index contributed by atoms with van der Waals surface area (Å²) < 4.78 is 12.9. The molecule has 0 spiro atoms. The summed E-state index contributed by atoms with van der Waals surface area (Å²) >= 11 is 4.45. The lowest BCUT2D eigenvalue weighted by Gasteiger charge is -2.20. The predicted octanol–water partition coefficient (Wildman–Crippen LogP) is -0.388. The molecular weight excluding hydrogens is 282 g/mol. The number of aliphatic hydroxyl groups excluding tert-OH is 1. The number of rotatable bonds is 3. The van der Waals surface area contributed by atoms with Crippen molar-refractivity contribution >= 4 is 29.6 Å². The molecular formula is C11H15N5O3S. The summed E-state index contributed by atoms with van der Waals surface area (Å²) in [6.07, 6.45) is 1.73. The number of imidazole rings is 1. The van der Waals surface area contributed by atoms with Crippen molar-refractivity contribution in [1.29, 1.82) is 0 Å². The Labute approximate surface area is 120 Å². The minimum atomic E-state index is -0.473. The van der Waals surface area contributed by atoms with Gasteiger partial charge in [0.1, 0.15) is 17.9 Å². The standard InChI is InChI=1S/C11H15N5O3S/c1-18-7-8(20)5(2-17)19-11(7)16-4-15-6-9(12)13-3-14-10(6)16/h3-5,7-8,11,17,20H,2H2,1H3,(H2,12,13,14)/t5-,7-,8-,11-/m1/s1. The number of ether oxygens (including phenoxy) is 2. The minimum Gasteiger partial charge on any atom is -0.394 e. The van der Waals surface area contributed by atoms with Gasteiger partial charge in [0.15, 0.2) is 17.7 Å². The molecule has 1 aliphatic rings. The van der Waals surface area contributed by atoms with Gasteiger partial charge in [-0.25, -0.2) is 15.0 Å². The largest absolute Gasteiger partial charge is 0.394 e.